The zero-order valence-electron chi connectivity index (χ0n) is 63.7. The molecule has 0 aromatic heterocycles. The van der Waals surface area contributed by atoms with E-state index in [0.717, 1.165) is 117 Å². The molecule has 13 heteroatoms. The molecule has 0 aromatic rings. The first-order valence-corrected chi connectivity index (χ1v) is 40.4. The van der Waals surface area contributed by atoms with Gasteiger partial charge in [0.2, 0.25) is 0 Å². The zero-order chi connectivity index (χ0) is 66.6. The molecular weight excluding hydrogens is 1130 g/mol. The number of ether oxygens (including phenoxy) is 2. The zero-order valence-corrected chi connectivity index (χ0v) is 64.5. The van der Waals surface area contributed by atoms with Crippen LogP contribution in [0.1, 0.15) is 261 Å². The van der Waals surface area contributed by atoms with Crippen LogP contribution < -0.4 is 0 Å². The average molecular weight is 1290 g/mol. The highest BCUT2D eigenvalue weighted by molar-refractivity contribution is 7.91. The van der Waals surface area contributed by atoms with Gasteiger partial charge in [-0.1, -0.05) is 72.1 Å². The summed E-state index contributed by atoms with van der Waals surface area (Å²) in [5.74, 6) is 5.98. The van der Waals surface area contributed by atoms with Gasteiger partial charge >= 0.3 is 0 Å². The molecule has 12 aliphatic rings. The molecule has 90 heavy (non-hydrogen) atoms. The van der Waals surface area contributed by atoms with Crippen molar-refractivity contribution in [3.8, 4) is 0 Å². The van der Waals surface area contributed by atoms with Crippen molar-refractivity contribution in [3.05, 3.63) is 0 Å². The van der Waals surface area contributed by atoms with E-state index in [0.29, 0.717) is 48.1 Å². The molecule has 1 spiro atoms. The van der Waals surface area contributed by atoms with Crippen molar-refractivity contribution < 1.29 is 17.9 Å². The number of fused-ring (bicyclic) bond motifs is 3. The minimum Gasteiger partial charge on any atom is -0.379 e. The molecule has 6 atom stereocenters. The van der Waals surface area contributed by atoms with E-state index in [-0.39, 0.29) is 5.60 Å². The molecule has 8 heterocycles. The Labute approximate surface area is 560 Å². The van der Waals surface area contributed by atoms with Crippen LogP contribution in [0.25, 0.3) is 0 Å². The van der Waals surface area contributed by atoms with Crippen molar-refractivity contribution in [2.75, 3.05) is 136 Å². The average Bonchev–Trinajstić information content (AvgIpc) is 1.63. The molecule has 4 saturated carbocycles. The molecule has 12 nitrogen and oxygen atoms in total. The summed E-state index contributed by atoms with van der Waals surface area (Å²) < 4.78 is 32.8. The van der Waals surface area contributed by atoms with E-state index in [1.165, 1.54) is 181 Å². The lowest BCUT2D eigenvalue weighted by molar-refractivity contribution is -0.0936. The Morgan fingerprint density at radius 3 is 1.12 bits per heavy atom. The van der Waals surface area contributed by atoms with Crippen LogP contribution in [0.5, 0.6) is 0 Å². The molecule has 4 aliphatic carbocycles. The quantitative estimate of drug-likeness (QED) is 0.232. The van der Waals surface area contributed by atoms with Gasteiger partial charge < -0.3 is 34.0 Å². The second-order valence-corrected chi connectivity index (χ2v) is 37.3. The lowest BCUT2D eigenvalue weighted by Crippen LogP contribution is -2.50. The van der Waals surface area contributed by atoms with Gasteiger partial charge in [-0.15, -0.1) is 0 Å². The van der Waals surface area contributed by atoms with Crippen molar-refractivity contribution in [1.29, 1.82) is 0 Å². The van der Waals surface area contributed by atoms with Crippen LogP contribution in [0, 0.1) is 45.8 Å². The second-order valence-electron chi connectivity index (χ2n) is 35.0. The predicted octanol–water partition coefficient (Wildman–Crippen LogP) is 15.1. The largest absolute Gasteiger partial charge is 0.379 e. The van der Waals surface area contributed by atoms with Gasteiger partial charge in [-0.2, -0.15) is 0 Å². The van der Waals surface area contributed by atoms with E-state index in [1.807, 2.05) is 0 Å². The lowest BCUT2D eigenvalue weighted by atomic mass is 9.75. The Kier molecular flexibility index (Phi) is 33.9. The topological polar surface area (TPSA) is 78.5 Å². The van der Waals surface area contributed by atoms with E-state index in [1.54, 1.807) is 0 Å². The SMILES string of the molecule is CC(C)N1CCC(C)(C)C1.CC(C)N1CCC2(C)CC2C1.CC(C)N1CCC2(CCCC2)C1.CC(C)N1CCOC(C)(C)C1.CC(C)N1CCOCC1.CC(C)N1CCS(=O)(=O)CC1.CC(C)N1CC[C@@H]2CCCC[C@@H]2C1.CC(C)N1CC[C@H]2CCCC[C@H]2C1. The smallest absolute Gasteiger partial charge is 0.152 e. The molecule has 532 valence electrons. The molecule has 0 radical (unpaired) electrons. The highest BCUT2D eigenvalue weighted by Gasteiger charge is 2.52. The maximum Gasteiger partial charge on any atom is 0.152 e. The number of rotatable bonds is 8. The van der Waals surface area contributed by atoms with Gasteiger partial charge in [0, 0.05) is 120 Å². The Morgan fingerprint density at radius 1 is 0.356 bits per heavy atom. The molecule has 8 saturated heterocycles. The van der Waals surface area contributed by atoms with Gasteiger partial charge in [0.15, 0.2) is 9.84 Å². The fourth-order valence-electron chi connectivity index (χ4n) is 16.9. The Bertz CT molecular complexity index is 2000. The standard InChI is InChI=1S/2C12H23N.C11H21N.C10H19N.C9H19NO.C9H19N.C7H15NO2S.C7H15NO/c2*1-10(2)13-8-7-11-5-3-4-6-12(11)9-13;1-10(2)12-8-7-11(9-12)5-3-4-6-11;1-8(2)11-5-4-10(3)6-9(10)7-11;1-8(2)10-5-6-11-9(3,4)7-10;1-8(2)10-6-5-9(3,4)7-10;1-7(2)8-3-5-11(9,10)6-4-8;1-7(2)8-3-5-9-6-4-8/h2*10-12H,3-9H2,1-2H3;10H,3-9H2,1-2H3;8-9H,4-7H2,1-3H3;8H,5-7H2,1-4H3;8H,5-7H2,1-4H3;7H,3-6H2,1-2H3;7H,3-6H2,1-2H3/t2*11-,12+;;;;;;/m10....../s1. The van der Waals surface area contributed by atoms with Gasteiger partial charge in [-0.3, -0.25) is 14.7 Å². The van der Waals surface area contributed by atoms with E-state index >= 15 is 0 Å². The molecule has 12 fully saturated rings. The van der Waals surface area contributed by atoms with Crippen molar-refractivity contribution in [2.45, 2.75) is 315 Å². The third kappa shape index (κ3) is 27.8. The molecule has 0 aromatic carbocycles. The number of morpholine rings is 2. The fourth-order valence-corrected chi connectivity index (χ4v) is 18.1. The number of sulfone groups is 1. The van der Waals surface area contributed by atoms with E-state index in [4.69, 9.17) is 9.47 Å². The summed E-state index contributed by atoms with van der Waals surface area (Å²) >= 11 is 0. The molecule has 2 unspecified atom stereocenters. The number of piperidine rings is 3. The number of hydrogen-bond donors (Lipinski definition) is 0. The third-order valence-corrected chi connectivity index (χ3v) is 25.8. The first-order valence-electron chi connectivity index (χ1n) is 38.6. The summed E-state index contributed by atoms with van der Waals surface area (Å²) in [6.45, 7) is 69.8. The summed E-state index contributed by atoms with van der Waals surface area (Å²) in [5, 5.41) is 0. The summed E-state index contributed by atoms with van der Waals surface area (Å²) in [7, 11) is -2.69. The van der Waals surface area contributed by atoms with Crippen molar-refractivity contribution in [1.82, 2.24) is 39.2 Å². The van der Waals surface area contributed by atoms with Crippen molar-refractivity contribution in [3.63, 3.8) is 0 Å². The van der Waals surface area contributed by atoms with Crippen LogP contribution in [0.3, 0.4) is 0 Å². The van der Waals surface area contributed by atoms with E-state index in [2.05, 4.69) is 185 Å². The third-order valence-electron chi connectivity index (χ3n) is 24.2. The fraction of sp³-hybridized carbons (Fsp3) is 1.00. The van der Waals surface area contributed by atoms with Crippen molar-refractivity contribution in [2.24, 2.45) is 45.8 Å². The monoisotopic (exact) mass is 1290 g/mol. The molecule has 0 N–H and O–H groups in total. The second kappa shape index (κ2) is 38.1. The first-order chi connectivity index (χ1) is 42.2. The number of likely N-dealkylation sites (tertiary alicyclic amines) is 5. The van der Waals surface area contributed by atoms with Crippen LogP contribution in [-0.4, -0.2) is 238 Å². The van der Waals surface area contributed by atoms with E-state index < -0.39 is 9.84 Å². The van der Waals surface area contributed by atoms with Crippen LogP contribution in [0.4, 0.5) is 0 Å². The molecule has 0 bridgehead atoms. The van der Waals surface area contributed by atoms with Gasteiger partial charge in [-0.05, 0) is 267 Å². The number of nitrogens with zero attached hydrogens (tertiary/aromatic N) is 8. The summed E-state index contributed by atoms with van der Waals surface area (Å²) in [5.41, 5.74) is 2.17. The summed E-state index contributed by atoms with van der Waals surface area (Å²) in [6.07, 6.45) is 26.8. The molecule has 0 amide bonds. The first kappa shape index (κ1) is 80.2. The Morgan fingerprint density at radius 2 is 0.744 bits per heavy atom. The van der Waals surface area contributed by atoms with E-state index in [9.17, 15) is 8.42 Å². The highest BCUT2D eigenvalue weighted by Crippen LogP contribution is 2.57. The normalized spacial score (nSPS) is 31.3. The molecule has 8 aliphatic heterocycles. The summed E-state index contributed by atoms with van der Waals surface area (Å²) in [6, 6.07) is 5.62. The van der Waals surface area contributed by atoms with Crippen LogP contribution >= 0.6 is 0 Å². The van der Waals surface area contributed by atoms with Crippen LogP contribution in [0.2, 0.25) is 0 Å². The lowest BCUT2D eigenvalue weighted by Gasteiger charge is -2.42. The van der Waals surface area contributed by atoms with Gasteiger partial charge in [0.05, 0.1) is 36.9 Å². The maximum absolute atomic E-state index is 11.0. The maximum atomic E-state index is 11.0. The van der Waals surface area contributed by atoms with Crippen LogP contribution in [0.15, 0.2) is 0 Å². The minimum absolute atomic E-state index is 0.0581. The van der Waals surface area contributed by atoms with Gasteiger partial charge in [0.25, 0.3) is 0 Å². The minimum atomic E-state index is -2.69. The highest BCUT2D eigenvalue weighted by atomic mass is 32.2. The van der Waals surface area contributed by atoms with Crippen molar-refractivity contribution >= 4 is 9.84 Å². The molecular formula is C77H154N8O4S. The predicted molar refractivity (Wildman–Crippen MR) is 388 cm³/mol. The Balaban J connectivity index is 0.000000187. The number of hydrogen-bond acceptors (Lipinski definition) is 12. The molecule has 12 rings (SSSR count). The summed E-state index contributed by atoms with van der Waals surface area (Å²) in [4.78, 5) is 20.3. The van der Waals surface area contributed by atoms with Gasteiger partial charge in [0.1, 0.15) is 0 Å². The Hall–Kier alpha value is -0.450. The van der Waals surface area contributed by atoms with Gasteiger partial charge in [-0.25, -0.2) is 8.42 Å². The van der Waals surface area contributed by atoms with Crippen LogP contribution in [-0.2, 0) is 19.3 Å².